The molecule has 0 saturated heterocycles. The van der Waals surface area contributed by atoms with Gasteiger partial charge >= 0.3 is 6.03 Å². The van der Waals surface area contributed by atoms with E-state index < -0.39 is 6.10 Å². The number of hydrogen-bond donors (Lipinski definition) is 3. The standard InChI is InChI=1S/C17H22N2O2/c20-15-10-13-8-4-5-9-14(13)16(15)19-17(21)18-11-12-6-2-1-3-7-12/h1-2,4-5,8-9,12,15-16,20H,3,6-7,10-11H2,(H2,18,19,21)/t12-,15-,16+/m1/s1. The van der Waals surface area contributed by atoms with Gasteiger partial charge in [0, 0.05) is 13.0 Å². The summed E-state index contributed by atoms with van der Waals surface area (Å²) in [7, 11) is 0. The molecular formula is C17H22N2O2. The minimum atomic E-state index is -0.536. The molecule has 2 aliphatic carbocycles. The number of fused-ring (bicyclic) bond motifs is 1. The number of aliphatic hydroxyl groups is 1. The van der Waals surface area contributed by atoms with Gasteiger partial charge < -0.3 is 15.7 Å². The third kappa shape index (κ3) is 3.27. The van der Waals surface area contributed by atoms with Crippen LogP contribution in [0, 0.1) is 5.92 Å². The summed E-state index contributed by atoms with van der Waals surface area (Å²) in [6.07, 6.45) is 7.72. The quantitative estimate of drug-likeness (QED) is 0.747. The van der Waals surface area contributed by atoms with Gasteiger partial charge in [0.1, 0.15) is 0 Å². The molecule has 1 aromatic rings. The van der Waals surface area contributed by atoms with Crippen molar-refractivity contribution in [2.45, 2.75) is 37.8 Å². The number of allylic oxidation sites excluding steroid dienone is 2. The summed E-state index contributed by atoms with van der Waals surface area (Å²) in [6.45, 7) is 0.695. The van der Waals surface area contributed by atoms with Gasteiger partial charge in [0.15, 0.2) is 0 Å². The molecule has 0 unspecified atom stereocenters. The van der Waals surface area contributed by atoms with Gasteiger partial charge in [-0.15, -0.1) is 0 Å². The van der Waals surface area contributed by atoms with Crippen molar-refractivity contribution in [3.63, 3.8) is 0 Å². The first-order valence-electron chi connectivity index (χ1n) is 7.69. The van der Waals surface area contributed by atoms with Crippen molar-refractivity contribution in [3.8, 4) is 0 Å². The molecule has 112 valence electrons. The van der Waals surface area contributed by atoms with Crippen LogP contribution in [-0.2, 0) is 6.42 Å². The molecule has 0 aliphatic heterocycles. The lowest BCUT2D eigenvalue weighted by Crippen LogP contribution is -2.42. The van der Waals surface area contributed by atoms with Crippen LogP contribution < -0.4 is 10.6 Å². The molecule has 1 aromatic carbocycles. The first-order valence-corrected chi connectivity index (χ1v) is 7.69. The molecule has 0 fully saturated rings. The van der Waals surface area contributed by atoms with E-state index in [9.17, 15) is 9.90 Å². The number of carbonyl (C=O) groups excluding carboxylic acids is 1. The zero-order valence-electron chi connectivity index (χ0n) is 12.1. The van der Waals surface area contributed by atoms with Crippen LogP contribution in [0.5, 0.6) is 0 Å². The molecule has 0 heterocycles. The second-order valence-corrected chi connectivity index (χ2v) is 5.95. The molecule has 21 heavy (non-hydrogen) atoms. The zero-order chi connectivity index (χ0) is 14.7. The fourth-order valence-electron chi connectivity index (χ4n) is 3.22. The van der Waals surface area contributed by atoms with Gasteiger partial charge in [-0.05, 0) is 36.3 Å². The summed E-state index contributed by atoms with van der Waals surface area (Å²) in [5.41, 5.74) is 2.15. The maximum Gasteiger partial charge on any atom is 0.315 e. The lowest BCUT2D eigenvalue weighted by molar-refractivity contribution is 0.142. The summed E-state index contributed by atoms with van der Waals surface area (Å²) in [4.78, 5) is 12.0. The molecule has 0 aromatic heterocycles. The van der Waals surface area contributed by atoms with Crippen LogP contribution in [-0.4, -0.2) is 23.8 Å². The molecule has 0 saturated carbocycles. The second-order valence-electron chi connectivity index (χ2n) is 5.95. The highest BCUT2D eigenvalue weighted by Crippen LogP contribution is 2.31. The Balaban J connectivity index is 1.54. The largest absolute Gasteiger partial charge is 0.390 e. The van der Waals surface area contributed by atoms with Crippen LogP contribution >= 0.6 is 0 Å². The summed E-state index contributed by atoms with van der Waals surface area (Å²) in [6, 6.07) is 7.40. The van der Waals surface area contributed by atoms with E-state index >= 15 is 0 Å². The molecule has 3 rings (SSSR count). The van der Waals surface area contributed by atoms with E-state index in [4.69, 9.17) is 0 Å². The van der Waals surface area contributed by atoms with E-state index in [0.717, 1.165) is 30.4 Å². The van der Waals surface area contributed by atoms with Gasteiger partial charge in [0.2, 0.25) is 0 Å². The summed E-state index contributed by atoms with van der Waals surface area (Å²) in [5, 5.41) is 16.0. The number of benzene rings is 1. The van der Waals surface area contributed by atoms with Crippen molar-refractivity contribution in [2.24, 2.45) is 5.92 Å². The number of aliphatic hydroxyl groups excluding tert-OH is 1. The number of nitrogens with one attached hydrogen (secondary N) is 2. The van der Waals surface area contributed by atoms with Crippen LogP contribution in [0.4, 0.5) is 4.79 Å². The maximum atomic E-state index is 12.0. The van der Waals surface area contributed by atoms with Crippen LogP contribution in [0.15, 0.2) is 36.4 Å². The first kappa shape index (κ1) is 14.1. The predicted molar refractivity (Wildman–Crippen MR) is 81.9 cm³/mol. The van der Waals surface area contributed by atoms with E-state index in [1.165, 1.54) is 0 Å². The Labute approximate surface area is 125 Å². The van der Waals surface area contributed by atoms with Crippen molar-refractivity contribution < 1.29 is 9.90 Å². The van der Waals surface area contributed by atoms with E-state index in [0.29, 0.717) is 18.9 Å². The van der Waals surface area contributed by atoms with Gasteiger partial charge in [0.25, 0.3) is 0 Å². The molecule has 0 bridgehead atoms. The lowest BCUT2D eigenvalue weighted by atomic mass is 9.94. The van der Waals surface area contributed by atoms with Crippen LogP contribution in [0.3, 0.4) is 0 Å². The number of urea groups is 1. The highest BCUT2D eigenvalue weighted by molar-refractivity contribution is 5.74. The van der Waals surface area contributed by atoms with Crippen molar-refractivity contribution >= 4 is 6.03 Å². The minimum Gasteiger partial charge on any atom is -0.390 e. The maximum absolute atomic E-state index is 12.0. The monoisotopic (exact) mass is 286 g/mol. The average Bonchev–Trinajstić information content (AvgIpc) is 2.82. The smallest absolute Gasteiger partial charge is 0.315 e. The van der Waals surface area contributed by atoms with Crippen molar-refractivity contribution in [3.05, 3.63) is 47.5 Å². The third-order valence-electron chi connectivity index (χ3n) is 4.42. The van der Waals surface area contributed by atoms with Gasteiger partial charge in [-0.25, -0.2) is 4.79 Å². The topological polar surface area (TPSA) is 61.4 Å². The van der Waals surface area contributed by atoms with Crippen molar-refractivity contribution in [2.75, 3.05) is 6.54 Å². The van der Waals surface area contributed by atoms with Crippen molar-refractivity contribution in [1.29, 1.82) is 0 Å². The Kier molecular flexibility index (Phi) is 4.25. The fourth-order valence-corrected chi connectivity index (χ4v) is 3.22. The lowest BCUT2D eigenvalue weighted by Gasteiger charge is -2.21. The van der Waals surface area contributed by atoms with Gasteiger partial charge in [0.05, 0.1) is 12.1 Å². The Morgan fingerprint density at radius 3 is 2.95 bits per heavy atom. The van der Waals surface area contributed by atoms with Gasteiger partial charge in [-0.1, -0.05) is 36.4 Å². The molecule has 3 N–H and O–H groups in total. The molecule has 2 amide bonds. The van der Waals surface area contributed by atoms with Crippen LogP contribution in [0.25, 0.3) is 0 Å². The van der Waals surface area contributed by atoms with Gasteiger partial charge in [-0.3, -0.25) is 0 Å². The Hall–Kier alpha value is -1.81. The summed E-state index contributed by atoms with van der Waals surface area (Å²) < 4.78 is 0. The van der Waals surface area contributed by atoms with E-state index in [1.807, 2.05) is 24.3 Å². The average molecular weight is 286 g/mol. The summed E-state index contributed by atoms with van der Waals surface area (Å²) >= 11 is 0. The number of amides is 2. The molecule has 4 nitrogen and oxygen atoms in total. The number of hydrogen-bond acceptors (Lipinski definition) is 2. The Morgan fingerprint density at radius 2 is 2.14 bits per heavy atom. The fraction of sp³-hybridized carbons (Fsp3) is 0.471. The Morgan fingerprint density at radius 1 is 1.29 bits per heavy atom. The van der Waals surface area contributed by atoms with E-state index in [1.54, 1.807) is 0 Å². The van der Waals surface area contributed by atoms with Gasteiger partial charge in [-0.2, -0.15) is 0 Å². The summed E-state index contributed by atoms with van der Waals surface area (Å²) in [5.74, 6) is 0.529. The van der Waals surface area contributed by atoms with E-state index in [-0.39, 0.29) is 12.1 Å². The minimum absolute atomic E-state index is 0.190. The molecule has 0 spiro atoms. The Bertz CT molecular complexity index is 541. The highest BCUT2D eigenvalue weighted by Gasteiger charge is 2.31. The SMILES string of the molecule is O=C(NC[C@@H]1CC=CCC1)N[C@H]1c2ccccc2C[C@H]1O. The van der Waals surface area contributed by atoms with E-state index in [2.05, 4.69) is 22.8 Å². The zero-order valence-corrected chi connectivity index (χ0v) is 12.1. The molecule has 0 radical (unpaired) electrons. The second kappa shape index (κ2) is 6.31. The normalized spacial score (nSPS) is 27.2. The highest BCUT2D eigenvalue weighted by atomic mass is 16.3. The number of carbonyl (C=O) groups is 1. The predicted octanol–water partition coefficient (Wildman–Crippen LogP) is 2.30. The number of rotatable bonds is 3. The molecule has 2 aliphatic rings. The molecule has 3 atom stereocenters. The molecular weight excluding hydrogens is 264 g/mol. The van der Waals surface area contributed by atoms with Crippen LogP contribution in [0.2, 0.25) is 0 Å². The van der Waals surface area contributed by atoms with Crippen LogP contribution in [0.1, 0.15) is 36.4 Å². The first-order chi connectivity index (χ1) is 10.2. The van der Waals surface area contributed by atoms with Crippen molar-refractivity contribution in [1.82, 2.24) is 10.6 Å². The molecule has 4 heteroatoms. The third-order valence-corrected chi connectivity index (χ3v) is 4.42.